The van der Waals surface area contributed by atoms with Gasteiger partial charge in [-0.15, -0.1) is 11.8 Å². The number of benzene rings is 1. The molecule has 1 aromatic carbocycles. The second-order valence-electron chi connectivity index (χ2n) is 5.15. The second-order valence-corrected chi connectivity index (χ2v) is 9.12. The highest BCUT2D eigenvalue weighted by Gasteiger charge is 2.31. The van der Waals surface area contributed by atoms with E-state index >= 15 is 0 Å². The Hall–Kier alpha value is -1.04. The third-order valence-corrected chi connectivity index (χ3v) is 6.36. The first-order chi connectivity index (χ1) is 10.2. The first-order valence-electron chi connectivity index (χ1n) is 6.99. The SMILES string of the molecule is CCOP(=O)(CSC(C)C)Oc1c(C)cc(C)cc1[N+](=O)[O-]. The van der Waals surface area contributed by atoms with E-state index in [1.54, 1.807) is 26.8 Å². The Balaban J connectivity index is 3.18. The van der Waals surface area contributed by atoms with Crippen LogP contribution in [0.15, 0.2) is 12.1 Å². The molecule has 0 aliphatic heterocycles. The van der Waals surface area contributed by atoms with Gasteiger partial charge in [-0.05, 0) is 37.1 Å². The quantitative estimate of drug-likeness (QED) is 0.377. The smallest absolute Gasteiger partial charge is 0.389 e. The van der Waals surface area contributed by atoms with Crippen LogP contribution in [0, 0.1) is 24.0 Å². The van der Waals surface area contributed by atoms with Crippen molar-refractivity contribution in [3.8, 4) is 5.75 Å². The van der Waals surface area contributed by atoms with Gasteiger partial charge >= 0.3 is 13.3 Å². The number of nitro groups is 1. The van der Waals surface area contributed by atoms with Crippen LogP contribution in [0.2, 0.25) is 0 Å². The molecule has 22 heavy (non-hydrogen) atoms. The van der Waals surface area contributed by atoms with Crippen LogP contribution in [0.5, 0.6) is 5.75 Å². The Labute approximate surface area is 135 Å². The van der Waals surface area contributed by atoms with Crippen LogP contribution in [0.25, 0.3) is 0 Å². The van der Waals surface area contributed by atoms with Crippen molar-refractivity contribution in [1.29, 1.82) is 0 Å². The highest BCUT2D eigenvalue weighted by atomic mass is 32.2. The van der Waals surface area contributed by atoms with E-state index in [1.165, 1.54) is 17.8 Å². The normalized spacial score (nSPS) is 13.9. The predicted octanol–water partition coefficient (Wildman–Crippen LogP) is 4.92. The minimum atomic E-state index is -3.45. The predicted molar refractivity (Wildman–Crippen MR) is 90.0 cm³/mol. The van der Waals surface area contributed by atoms with Gasteiger partial charge in [0.2, 0.25) is 5.75 Å². The van der Waals surface area contributed by atoms with Crippen LogP contribution >= 0.6 is 19.4 Å². The molecular formula is C14H22NO5PS. The van der Waals surface area contributed by atoms with E-state index < -0.39 is 12.5 Å². The topological polar surface area (TPSA) is 78.7 Å². The van der Waals surface area contributed by atoms with Gasteiger partial charge in [0.05, 0.1) is 11.5 Å². The molecule has 0 amide bonds. The van der Waals surface area contributed by atoms with Gasteiger partial charge in [-0.2, -0.15) is 0 Å². The third kappa shape index (κ3) is 5.30. The molecule has 0 N–H and O–H groups in total. The fourth-order valence-electron chi connectivity index (χ4n) is 1.85. The Morgan fingerprint density at radius 1 is 1.36 bits per heavy atom. The molecule has 1 atom stereocenters. The second kappa shape index (κ2) is 7.99. The van der Waals surface area contributed by atoms with Crippen LogP contribution in [-0.4, -0.2) is 22.3 Å². The summed E-state index contributed by atoms with van der Waals surface area (Å²) >= 11 is 1.44. The van der Waals surface area contributed by atoms with E-state index in [0.29, 0.717) is 5.56 Å². The molecular weight excluding hydrogens is 325 g/mol. The molecule has 124 valence electrons. The van der Waals surface area contributed by atoms with Crippen molar-refractivity contribution in [3.63, 3.8) is 0 Å². The first kappa shape index (κ1) is 19.0. The maximum Gasteiger partial charge on any atom is 0.389 e. The minimum Gasteiger partial charge on any atom is -0.416 e. The van der Waals surface area contributed by atoms with Crippen molar-refractivity contribution in [2.45, 2.75) is 39.9 Å². The van der Waals surface area contributed by atoms with Gasteiger partial charge in [0.25, 0.3) is 0 Å². The molecule has 0 aromatic heterocycles. The van der Waals surface area contributed by atoms with E-state index in [1.807, 2.05) is 13.8 Å². The summed E-state index contributed by atoms with van der Waals surface area (Å²) in [6, 6.07) is 3.17. The number of rotatable bonds is 8. The van der Waals surface area contributed by atoms with Gasteiger partial charge in [0, 0.05) is 6.07 Å². The van der Waals surface area contributed by atoms with Crippen molar-refractivity contribution < 1.29 is 18.5 Å². The van der Waals surface area contributed by atoms with E-state index in [0.717, 1.165) is 5.56 Å². The molecule has 1 aromatic rings. The molecule has 6 nitrogen and oxygen atoms in total. The van der Waals surface area contributed by atoms with Crippen LogP contribution in [0.4, 0.5) is 5.69 Å². The molecule has 8 heteroatoms. The van der Waals surface area contributed by atoms with Gasteiger partial charge in [0.15, 0.2) is 0 Å². The Bertz CT molecular complexity index is 591. The monoisotopic (exact) mass is 347 g/mol. The van der Waals surface area contributed by atoms with Crippen molar-refractivity contribution in [3.05, 3.63) is 33.4 Å². The highest BCUT2D eigenvalue weighted by molar-refractivity contribution is 8.05. The Morgan fingerprint density at radius 2 is 2.00 bits per heavy atom. The van der Waals surface area contributed by atoms with Gasteiger partial charge in [-0.1, -0.05) is 19.9 Å². The lowest BCUT2D eigenvalue weighted by molar-refractivity contribution is -0.385. The molecule has 0 fully saturated rings. The lowest BCUT2D eigenvalue weighted by Crippen LogP contribution is -2.05. The molecule has 0 saturated carbocycles. The molecule has 0 radical (unpaired) electrons. The highest BCUT2D eigenvalue weighted by Crippen LogP contribution is 2.53. The summed E-state index contributed by atoms with van der Waals surface area (Å²) in [5.41, 5.74) is 1.29. The zero-order chi connectivity index (χ0) is 16.9. The minimum absolute atomic E-state index is 0.0248. The summed E-state index contributed by atoms with van der Waals surface area (Å²) in [5.74, 6) is 0.0248. The van der Waals surface area contributed by atoms with Crippen molar-refractivity contribution >= 4 is 25.0 Å². The van der Waals surface area contributed by atoms with Gasteiger partial charge in [0.1, 0.15) is 5.49 Å². The third-order valence-electron chi connectivity index (χ3n) is 2.72. The molecule has 1 rings (SSSR count). The standard InChI is InChI=1S/C14H22NO5PS/c1-6-19-21(18,9-22-10(2)3)20-14-12(5)7-11(4)8-13(14)15(16)17/h7-8,10H,6,9H2,1-5H3. The summed E-state index contributed by atoms with van der Waals surface area (Å²) in [5, 5.41) is 11.5. The van der Waals surface area contributed by atoms with E-state index in [-0.39, 0.29) is 28.8 Å². The molecule has 0 bridgehead atoms. The molecule has 0 aliphatic carbocycles. The van der Waals surface area contributed by atoms with Crippen LogP contribution in [0.3, 0.4) is 0 Å². The number of hydrogen-bond donors (Lipinski definition) is 0. The molecule has 0 heterocycles. The zero-order valence-electron chi connectivity index (χ0n) is 13.5. The first-order valence-corrected chi connectivity index (χ1v) is 9.76. The summed E-state index contributed by atoms with van der Waals surface area (Å²) < 4.78 is 23.6. The summed E-state index contributed by atoms with van der Waals surface area (Å²) in [7, 11) is -3.45. The Morgan fingerprint density at radius 3 is 2.50 bits per heavy atom. The summed E-state index contributed by atoms with van der Waals surface area (Å²) in [4.78, 5) is 10.7. The molecule has 0 saturated heterocycles. The number of nitro benzene ring substituents is 1. The average molecular weight is 347 g/mol. The van der Waals surface area contributed by atoms with Gasteiger partial charge in [-0.25, -0.2) is 4.57 Å². The van der Waals surface area contributed by atoms with E-state index in [4.69, 9.17) is 9.05 Å². The van der Waals surface area contributed by atoms with Crippen molar-refractivity contribution in [2.24, 2.45) is 0 Å². The zero-order valence-corrected chi connectivity index (χ0v) is 15.2. The van der Waals surface area contributed by atoms with Gasteiger partial charge < -0.3 is 4.52 Å². The average Bonchev–Trinajstić information content (AvgIpc) is 2.39. The van der Waals surface area contributed by atoms with Crippen LogP contribution < -0.4 is 4.52 Å². The largest absolute Gasteiger partial charge is 0.416 e. The van der Waals surface area contributed by atoms with Gasteiger partial charge in [-0.3, -0.25) is 14.6 Å². The van der Waals surface area contributed by atoms with E-state index in [2.05, 4.69) is 0 Å². The number of aryl methyl sites for hydroxylation is 2. The summed E-state index contributed by atoms with van der Waals surface area (Å²) in [6.07, 6.45) is 0. The maximum absolute atomic E-state index is 12.8. The molecule has 0 aliphatic rings. The maximum atomic E-state index is 12.8. The molecule has 0 spiro atoms. The molecule has 1 unspecified atom stereocenters. The summed E-state index contributed by atoms with van der Waals surface area (Å²) in [6.45, 7) is 9.34. The van der Waals surface area contributed by atoms with E-state index in [9.17, 15) is 14.7 Å². The number of hydrogen-bond acceptors (Lipinski definition) is 6. The lowest BCUT2D eigenvalue weighted by Gasteiger charge is -2.20. The van der Waals surface area contributed by atoms with Crippen LogP contribution in [0.1, 0.15) is 31.9 Å². The van der Waals surface area contributed by atoms with Crippen molar-refractivity contribution in [2.75, 3.05) is 12.1 Å². The fraction of sp³-hybridized carbons (Fsp3) is 0.571. The lowest BCUT2D eigenvalue weighted by atomic mass is 10.1. The number of nitrogens with zero attached hydrogens (tertiary/aromatic N) is 1. The van der Waals surface area contributed by atoms with Crippen LogP contribution in [-0.2, 0) is 9.09 Å². The fourth-order valence-corrected chi connectivity index (χ4v) is 5.25. The van der Waals surface area contributed by atoms with Crippen molar-refractivity contribution in [1.82, 2.24) is 0 Å². The number of thioether (sulfide) groups is 1. The Kier molecular flexibility index (Phi) is 6.91.